The third-order valence-electron chi connectivity index (χ3n) is 6.66. The first-order valence-electron chi connectivity index (χ1n) is 11.1. The summed E-state index contributed by atoms with van der Waals surface area (Å²) >= 11 is 0. The molecule has 0 saturated carbocycles. The predicted molar refractivity (Wildman–Crippen MR) is 111 cm³/mol. The van der Waals surface area contributed by atoms with Gasteiger partial charge in [0.25, 0.3) is 0 Å². The summed E-state index contributed by atoms with van der Waals surface area (Å²) in [6.45, 7) is 9.28. The lowest BCUT2D eigenvalue weighted by Crippen LogP contribution is -2.53. The minimum absolute atomic E-state index is 0.0679. The van der Waals surface area contributed by atoms with Gasteiger partial charge in [-0.1, -0.05) is 13.8 Å². The molecule has 170 valence electrons. The van der Waals surface area contributed by atoms with Crippen LogP contribution >= 0.6 is 0 Å². The van der Waals surface area contributed by atoms with Gasteiger partial charge in [0.05, 0.1) is 11.6 Å². The van der Waals surface area contributed by atoms with Crippen LogP contribution in [0.25, 0.3) is 5.65 Å². The number of hydrogen-bond acceptors (Lipinski definition) is 4. The van der Waals surface area contributed by atoms with Crippen LogP contribution < -0.4 is 0 Å². The van der Waals surface area contributed by atoms with Crippen molar-refractivity contribution in [2.75, 3.05) is 26.2 Å². The fourth-order valence-electron chi connectivity index (χ4n) is 5.19. The van der Waals surface area contributed by atoms with Crippen molar-refractivity contribution < 1.29 is 18.0 Å². The molecule has 4 rings (SSSR count). The summed E-state index contributed by atoms with van der Waals surface area (Å²) in [6.07, 6.45) is -0.522. The Hall–Kier alpha value is -2.16. The van der Waals surface area contributed by atoms with Crippen molar-refractivity contribution in [3.05, 3.63) is 29.7 Å². The lowest BCUT2D eigenvalue weighted by molar-refractivity contribution is -0.140. The molecule has 9 heteroatoms. The summed E-state index contributed by atoms with van der Waals surface area (Å²) in [4.78, 5) is 17.3. The van der Waals surface area contributed by atoms with E-state index in [0.717, 1.165) is 51.2 Å². The highest BCUT2D eigenvalue weighted by molar-refractivity contribution is 5.81. The molecule has 0 radical (unpaired) electrons. The molecule has 4 atom stereocenters. The maximum Gasteiger partial charge on any atom is 0.417 e. The molecule has 2 fully saturated rings. The van der Waals surface area contributed by atoms with E-state index in [-0.39, 0.29) is 17.9 Å². The number of amides is 1. The topological polar surface area (TPSA) is 53.7 Å². The van der Waals surface area contributed by atoms with Crippen LogP contribution in [0.15, 0.2) is 18.3 Å². The molecule has 31 heavy (non-hydrogen) atoms. The van der Waals surface area contributed by atoms with E-state index in [4.69, 9.17) is 0 Å². The fourth-order valence-corrected chi connectivity index (χ4v) is 5.19. The molecule has 0 spiro atoms. The van der Waals surface area contributed by atoms with Gasteiger partial charge in [0, 0.05) is 31.7 Å². The van der Waals surface area contributed by atoms with Crippen LogP contribution in [-0.2, 0) is 11.0 Å². The number of pyridine rings is 1. The van der Waals surface area contributed by atoms with Gasteiger partial charge >= 0.3 is 6.18 Å². The number of nitrogens with zero attached hydrogens (tertiary/aromatic N) is 5. The number of hydrogen-bond donors (Lipinski definition) is 0. The van der Waals surface area contributed by atoms with Crippen molar-refractivity contribution >= 4 is 11.6 Å². The summed E-state index contributed by atoms with van der Waals surface area (Å²) in [5, 5.41) is 8.28. The number of fused-ring (bicyclic) bond motifs is 1. The Bertz CT molecular complexity index is 933. The van der Waals surface area contributed by atoms with Crippen LogP contribution in [0, 0.1) is 11.8 Å². The number of alkyl halides is 3. The van der Waals surface area contributed by atoms with E-state index in [1.54, 1.807) is 0 Å². The number of carbonyl (C=O) groups is 1. The monoisotopic (exact) mass is 437 g/mol. The van der Waals surface area contributed by atoms with Gasteiger partial charge in [0.1, 0.15) is 5.82 Å². The first-order chi connectivity index (χ1) is 14.6. The second-order valence-electron chi connectivity index (χ2n) is 9.40. The van der Waals surface area contributed by atoms with Crippen LogP contribution in [0.4, 0.5) is 13.2 Å². The molecule has 0 aromatic carbocycles. The lowest BCUT2D eigenvalue weighted by atomic mass is 9.91. The zero-order chi connectivity index (χ0) is 22.3. The van der Waals surface area contributed by atoms with Gasteiger partial charge in [-0.3, -0.25) is 14.1 Å². The Morgan fingerprint density at radius 2 is 1.84 bits per heavy atom. The second-order valence-corrected chi connectivity index (χ2v) is 9.40. The minimum atomic E-state index is -4.42. The number of rotatable bonds is 3. The molecule has 4 heterocycles. The quantitative estimate of drug-likeness (QED) is 0.733. The van der Waals surface area contributed by atoms with Crippen LogP contribution in [0.3, 0.4) is 0 Å². The molecule has 6 nitrogen and oxygen atoms in total. The van der Waals surface area contributed by atoms with E-state index in [2.05, 4.69) is 28.9 Å². The predicted octanol–water partition coefficient (Wildman–Crippen LogP) is 3.82. The molecule has 0 aliphatic carbocycles. The highest BCUT2D eigenvalue weighted by Gasteiger charge is 2.35. The van der Waals surface area contributed by atoms with Gasteiger partial charge in [-0.2, -0.15) is 13.2 Å². The summed E-state index contributed by atoms with van der Waals surface area (Å²) in [6, 6.07) is 2.12. The fraction of sp³-hybridized carbons (Fsp3) is 0.682. The van der Waals surface area contributed by atoms with Crippen LogP contribution in [0.2, 0.25) is 0 Å². The number of carbonyl (C=O) groups excluding carboxylic acids is 1. The smallest absolute Gasteiger partial charge is 0.341 e. The van der Waals surface area contributed by atoms with Gasteiger partial charge in [0.15, 0.2) is 5.65 Å². The largest absolute Gasteiger partial charge is 0.417 e. The van der Waals surface area contributed by atoms with Gasteiger partial charge in [0.2, 0.25) is 5.91 Å². The number of piperidine rings is 2. The van der Waals surface area contributed by atoms with E-state index in [0.29, 0.717) is 29.9 Å². The Morgan fingerprint density at radius 1 is 1.13 bits per heavy atom. The van der Waals surface area contributed by atoms with Gasteiger partial charge in [-0.05, 0) is 56.7 Å². The molecular weight excluding hydrogens is 407 g/mol. The molecule has 2 aliphatic rings. The van der Waals surface area contributed by atoms with Crippen molar-refractivity contribution in [1.29, 1.82) is 0 Å². The Balaban J connectivity index is 1.51. The van der Waals surface area contributed by atoms with E-state index in [1.807, 2.05) is 11.8 Å². The Kier molecular flexibility index (Phi) is 5.98. The van der Waals surface area contributed by atoms with E-state index in [9.17, 15) is 18.0 Å². The first kappa shape index (κ1) is 22.0. The third-order valence-corrected chi connectivity index (χ3v) is 6.66. The lowest BCUT2D eigenvalue weighted by Gasteiger charge is -2.40. The van der Waals surface area contributed by atoms with Gasteiger partial charge in [-0.25, -0.2) is 0 Å². The molecule has 2 aromatic heterocycles. The average molecular weight is 438 g/mol. The standard InChI is InChI=1S/C22H30F3N5O/c1-14-9-15(2)11-29(10-14)21(31)16(3)28-8-4-5-17(12-28)20-27-26-19-7-6-18(13-30(19)20)22(23,24)25/h6-7,13-17H,4-5,8-12H2,1-3H3. The second kappa shape index (κ2) is 8.41. The van der Waals surface area contributed by atoms with Crippen molar-refractivity contribution in [3.8, 4) is 0 Å². The molecule has 2 saturated heterocycles. The van der Waals surface area contributed by atoms with Crippen molar-refractivity contribution in [2.45, 2.75) is 58.2 Å². The SMILES string of the molecule is CC1CC(C)CN(C(=O)C(C)N2CCCC(c3nnc4ccc(C(F)(F)F)cn34)C2)C1. The normalized spacial score (nSPS) is 26.9. The zero-order valence-corrected chi connectivity index (χ0v) is 18.3. The van der Waals surface area contributed by atoms with Crippen molar-refractivity contribution in [1.82, 2.24) is 24.4 Å². The van der Waals surface area contributed by atoms with Crippen LogP contribution in [0.5, 0.6) is 0 Å². The molecule has 4 unspecified atom stereocenters. The molecular formula is C22H30F3N5O. The first-order valence-corrected chi connectivity index (χ1v) is 11.1. The minimum Gasteiger partial charge on any atom is -0.341 e. The highest BCUT2D eigenvalue weighted by Crippen LogP contribution is 2.32. The van der Waals surface area contributed by atoms with E-state index >= 15 is 0 Å². The van der Waals surface area contributed by atoms with E-state index < -0.39 is 11.7 Å². The molecule has 2 aromatic rings. The zero-order valence-electron chi connectivity index (χ0n) is 18.3. The maximum absolute atomic E-state index is 13.2. The number of likely N-dealkylation sites (tertiary alicyclic amines) is 2. The summed E-state index contributed by atoms with van der Waals surface area (Å²) in [5.74, 6) is 1.61. The summed E-state index contributed by atoms with van der Waals surface area (Å²) in [5.41, 5.74) is -0.314. The molecule has 0 bridgehead atoms. The average Bonchev–Trinajstić information content (AvgIpc) is 3.15. The van der Waals surface area contributed by atoms with Crippen LogP contribution in [-0.4, -0.2) is 62.5 Å². The Labute approximate surface area is 180 Å². The Morgan fingerprint density at radius 3 is 2.52 bits per heavy atom. The summed E-state index contributed by atoms with van der Waals surface area (Å²) < 4.78 is 41.0. The summed E-state index contributed by atoms with van der Waals surface area (Å²) in [7, 11) is 0. The number of aromatic nitrogens is 3. The van der Waals surface area contributed by atoms with Crippen LogP contribution in [0.1, 0.15) is 57.3 Å². The highest BCUT2D eigenvalue weighted by atomic mass is 19.4. The van der Waals surface area contributed by atoms with E-state index in [1.165, 1.54) is 10.5 Å². The molecule has 0 N–H and O–H groups in total. The van der Waals surface area contributed by atoms with Crippen molar-refractivity contribution in [2.24, 2.45) is 11.8 Å². The van der Waals surface area contributed by atoms with Crippen molar-refractivity contribution in [3.63, 3.8) is 0 Å². The third kappa shape index (κ3) is 4.56. The number of halogens is 3. The molecule has 2 aliphatic heterocycles. The van der Waals surface area contributed by atoms with Gasteiger partial charge in [-0.15, -0.1) is 10.2 Å². The maximum atomic E-state index is 13.2. The van der Waals surface area contributed by atoms with Gasteiger partial charge < -0.3 is 4.90 Å². The molecule has 1 amide bonds.